The summed E-state index contributed by atoms with van der Waals surface area (Å²) in [7, 11) is 0. The van der Waals surface area contributed by atoms with Crippen LogP contribution in [0.25, 0.3) is 0 Å². The highest BCUT2D eigenvalue weighted by molar-refractivity contribution is 14.1. The van der Waals surface area contributed by atoms with Gasteiger partial charge in [-0.1, -0.05) is 5.16 Å². The molecule has 2 rings (SSSR count). The number of benzene rings is 1. The number of halogens is 2. The molecular weight excluding hydrogens is 392 g/mol. The van der Waals surface area contributed by atoms with Crippen LogP contribution in [0.4, 0.5) is 15.8 Å². The third-order valence-electron chi connectivity index (χ3n) is 3.13. The second kappa shape index (κ2) is 5.96. The predicted molar refractivity (Wildman–Crippen MR) is 83.8 cm³/mol. The standard InChI is InChI=1S/C13H13FIN3O3/c1-6(13-7(2)17-21-8(13)3)16-11-4-9(14)10(15)5-12(11)18(19)20/h4-6,16H,1-3H3. The summed E-state index contributed by atoms with van der Waals surface area (Å²) in [6, 6.07) is 2.04. The molecule has 0 saturated carbocycles. The monoisotopic (exact) mass is 405 g/mol. The first-order chi connectivity index (χ1) is 9.81. The van der Waals surface area contributed by atoms with Gasteiger partial charge in [-0.05, 0) is 43.4 Å². The molecule has 1 atom stereocenters. The molecule has 0 spiro atoms. The van der Waals surface area contributed by atoms with Gasteiger partial charge in [-0.3, -0.25) is 10.1 Å². The average Bonchev–Trinajstić information content (AvgIpc) is 2.72. The minimum absolute atomic E-state index is 0.130. The maximum absolute atomic E-state index is 13.7. The maximum Gasteiger partial charge on any atom is 0.293 e. The van der Waals surface area contributed by atoms with Crippen molar-refractivity contribution in [1.82, 2.24) is 5.16 Å². The third kappa shape index (κ3) is 3.14. The van der Waals surface area contributed by atoms with Crippen molar-refractivity contribution in [2.45, 2.75) is 26.8 Å². The lowest BCUT2D eigenvalue weighted by Gasteiger charge is -2.15. The van der Waals surface area contributed by atoms with Gasteiger partial charge in [0.1, 0.15) is 17.3 Å². The van der Waals surface area contributed by atoms with Crippen LogP contribution in [0.3, 0.4) is 0 Å². The first-order valence-electron chi connectivity index (χ1n) is 6.14. The van der Waals surface area contributed by atoms with Crippen molar-refractivity contribution in [3.05, 3.63) is 48.7 Å². The lowest BCUT2D eigenvalue weighted by atomic mass is 10.1. The van der Waals surface area contributed by atoms with E-state index in [-0.39, 0.29) is 21.0 Å². The van der Waals surface area contributed by atoms with Gasteiger partial charge in [-0.2, -0.15) is 0 Å². The molecule has 0 aliphatic heterocycles. The first kappa shape index (κ1) is 15.7. The zero-order valence-electron chi connectivity index (χ0n) is 11.6. The Morgan fingerprint density at radius 1 is 1.48 bits per heavy atom. The van der Waals surface area contributed by atoms with Gasteiger partial charge in [0.05, 0.1) is 20.2 Å². The van der Waals surface area contributed by atoms with Gasteiger partial charge in [0.2, 0.25) is 0 Å². The van der Waals surface area contributed by atoms with Crippen LogP contribution in [0.15, 0.2) is 16.7 Å². The van der Waals surface area contributed by atoms with Crippen LogP contribution >= 0.6 is 22.6 Å². The molecule has 0 aliphatic carbocycles. The number of hydrogen-bond acceptors (Lipinski definition) is 5. The Morgan fingerprint density at radius 3 is 2.67 bits per heavy atom. The Kier molecular flexibility index (Phi) is 4.45. The molecule has 0 saturated heterocycles. The highest BCUT2D eigenvalue weighted by Crippen LogP contribution is 2.32. The van der Waals surface area contributed by atoms with Crippen molar-refractivity contribution in [2.75, 3.05) is 5.32 Å². The van der Waals surface area contributed by atoms with E-state index in [1.165, 1.54) is 6.07 Å². The van der Waals surface area contributed by atoms with Crippen LogP contribution in [0.1, 0.15) is 30.0 Å². The van der Waals surface area contributed by atoms with E-state index in [4.69, 9.17) is 4.52 Å². The van der Waals surface area contributed by atoms with Crippen molar-refractivity contribution >= 4 is 34.0 Å². The van der Waals surface area contributed by atoms with Crippen LogP contribution < -0.4 is 5.32 Å². The Morgan fingerprint density at radius 2 is 2.14 bits per heavy atom. The van der Waals surface area contributed by atoms with Crippen molar-refractivity contribution in [3.8, 4) is 0 Å². The molecule has 1 heterocycles. The van der Waals surface area contributed by atoms with Gasteiger partial charge in [0, 0.05) is 17.7 Å². The Balaban J connectivity index is 2.39. The van der Waals surface area contributed by atoms with Crippen LogP contribution in [-0.4, -0.2) is 10.1 Å². The number of nitrogens with zero attached hydrogens (tertiary/aromatic N) is 2. The van der Waals surface area contributed by atoms with Crippen molar-refractivity contribution in [2.24, 2.45) is 0 Å². The van der Waals surface area contributed by atoms with Gasteiger partial charge >= 0.3 is 0 Å². The zero-order valence-corrected chi connectivity index (χ0v) is 13.8. The summed E-state index contributed by atoms with van der Waals surface area (Å²) in [6.45, 7) is 5.36. The summed E-state index contributed by atoms with van der Waals surface area (Å²) in [5, 5.41) is 17.9. The minimum atomic E-state index is -0.538. The normalized spacial score (nSPS) is 12.2. The summed E-state index contributed by atoms with van der Waals surface area (Å²) in [5.41, 5.74) is 1.47. The quantitative estimate of drug-likeness (QED) is 0.470. The molecule has 2 aromatic rings. The zero-order chi connectivity index (χ0) is 15.7. The Labute approximate surface area is 134 Å². The minimum Gasteiger partial charge on any atom is -0.373 e. The van der Waals surface area contributed by atoms with E-state index in [9.17, 15) is 14.5 Å². The van der Waals surface area contributed by atoms with Crippen molar-refractivity contribution in [1.29, 1.82) is 0 Å². The van der Waals surface area contributed by atoms with Crippen LogP contribution in [-0.2, 0) is 0 Å². The number of aryl methyl sites for hydroxylation is 2. The molecule has 21 heavy (non-hydrogen) atoms. The number of hydrogen-bond donors (Lipinski definition) is 1. The number of rotatable bonds is 4. The van der Waals surface area contributed by atoms with E-state index in [2.05, 4.69) is 10.5 Å². The van der Waals surface area contributed by atoms with E-state index in [0.717, 1.165) is 11.6 Å². The predicted octanol–water partition coefficient (Wildman–Crippen LogP) is 4.12. The number of anilines is 1. The third-order valence-corrected chi connectivity index (χ3v) is 3.96. The molecule has 1 aromatic carbocycles. The van der Waals surface area contributed by atoms with Crippen LogP contribution in [0, 0.1) is 33.3 Å². The lowest BCUT2D eigenvalue weighted by molar-refractivity contribution is -0.384. The Hall–Kier alpha value is -1.71. The molecule has 0 radical (unpaired) electrons. The lowest BCUT2D eigenvalue weighted by Crippen LogP contribution is -2.10. The average molecular weight is 405 g/mol. The van der Waals surface area contributed by atoms with Crippen molar-refractivity contribution < 1.29 is 13.8 Å². The Bertz CT molecular complexity index is 683. The molecule has 1 unspecified atom stereocenters. The highest BCUT2D eigenvalue weighted by atomic mass is 127. The molecule has 0 amide bonds. The summed E-state index contributed by atoms with van der Waals surface area (Å²) in [6.07, 6.45) is 0. The number of nitro benzene ring substituents is 1. The van der Waals surface area contributed by atoms with Gasteiger partial charge in [-0.25, -0.2) is 4.39 Å². The molecule has 1 N–H and O–H groups in total. The van der Waals surface area contributed by atoms with Gasteiger partial charge < -0.3 is 9.84 Å². The first-order valence-corrected chi connectivity index (χ1v) is 7.22. The number of nitro groups is 1. The fraction of sp³-hybridized carbons (Fsp3) is 0.308. The van der Waals surface area contributed by atoms with E-state index in [1.54, 1.807) is 36.4 Å². The second-order valence-electron chi connectivity index (χ2n) is 4.64. The number of nitrogens with one attached hydrogen (secondary N) is 1. The summed E-state index contributed by atoms with van der Waals surface area (Å²) in [5.74, 6) is 0.121. The number of aromatic nitrogens is 1. The smallest absolute Gasteiger partial charge is 0.293 e. The molecular formula is C13H13FIN3O3. The van der Waals surface area contributed by atoms with Crippen LogP contribution in [0.5, 0.6) is 0 Å². The summed E-state index contributed by atoms with van der Waals surface area (Å²) < 4.78 is 19.0. The molecule has 0 fully saturated rings. The van der Waals surface area contributed by atoms with Crippen molar-refractivity contribution in [3.63, 3.8) is 0 Å². The molecule has 1 aromatic heterocycles. The summed E-state index contributed by atoms with van der Waals surface area (Å²) >= 11 is 1.72. The van der Waals surface area contributed by atoms with E-state index < -0.39 is 10.7 Å². The van der Waals surface area contributed by atoms with Crippen LogP contribution in [0.2, 0.25) is 0 Å². The molecule has 0 bridgehead atoms. The van der Waals surface area contributed by atoms with E-state index in [0.29, 0.717) is 11.5 Å². The van der Waals surface area contributed by atoms with E-state index >= 15 is 0 Å². The fourth-order valence-corrected chi connectivity index (χ4v) is 2.67. The highest BCUT2D eigenvalue weighted by Gasteiger charge is 2.22. The van der Waals surface area contributed by atoms with E-state index in [1.807, 2.05) is 6.92 Å². The SMILES string of the molecule is Cc1noc(C)c1C(C)Nc1cc(F)c(I)cc1[N+](=O)[O-]. The largest absolute Gasteiger partial charge is 0.373 e. The molecule has 8 heteroatoms. The second-order valence-corrected chi connectivity index (χ2v) is 5.81. The fourth-order valence-electron chi connectivity index (χ4n) is 2.22. The molecule has 112 valence electrons. The van der Waals surface area contributed by atoms with Gasteiger partial charge in [0.15, 0.2) is 0 Å². The topological polar surface area (TPSA) is 81.2 Å². The maximum atomic E-state index is 13.7. The molecule has 0 aliphatic rings. The molecule has 6 nitrogen and oxygen atoms in total. The summed E-state index contributed by atoms with van der Waals surface area (Å²) in [4.78, 5) is 10.6. The van der Waals surface area contributed by atoms with Gasteiger partial charge in [-0.15, -0.1) is 0 Å². The van der Waals surface area contributed by atoms with Gasteiger partial charge in [0.25, 0.3) is 5.69 Å².